The van der Waals surface area contributed by atoms with Gasteiger partial charge in [0.1, 0.15) is 17.2 Å². The summed E-state index contributed by atoms with van der Waals surface area (Å²) in [6.45, 7) is 20.5. The highest BCUT2D eigenvalue weighted by Gasteiger charge is 2.30. The van der Waals surface area contributed by atoms with E-state index in [9.17, 15) is 0 Å². The van der Waals surface area contributed by atoms with Crippen LogP contribution in [0.3, 0.4) is 0 Å². The van der Waals surface area contributed by atoms with Crippen molar-refractivity contribution >= 4 is 11.4 Å². The fraction of sp³-hybridized carbons (Fsp3) is 0.720. The van der Waals surface area contributed by atoms with Crippen molar-refractivity contribution in [2.75, 3.05) is 7.05 Å². The zero-order valence-corrected chi connectivity index (χ0v) is 23.7. The lowest BCUT2D eigenvalue weighted by Crippen LogP contribution is -2.32. The first-order chi connectivity index (χ1) is 15.6. The average molecular weight is 475 g/mol. The number of aryl methyl sites for hydroxylation is 6. The second-order valence-corrected chi connectivity index (χ2v) is 10.1. The molecule has 9 heteroatoms. The first kappa shape index (κ1) is 29.3. The summed E-state index contributed by atoms with van der Waals surface area (Å²) in [7, 11) is 5.86. The second kappa shape index (κ2) is 12.1. The maximum Gasteiger partial charge on any atom is 0.147 e. The molecule has 2 aromatic heterocycles. The molecular weight excluding hydrogens is 428 g/mol. The normalized spacial score (nSPS) is 20.1. The van der Waals surface area contributed by atoms with Crippen molar-refractivity contribution in [2.45, 2.75) is 99.6 Å². The molecule has 0 radical (unpaired) electrons. The van der Waals surface area contributed by atoms with Gasteiger partial charge in [0, 0.05) is 45.4 Å². The highest BCUT2D eigenvalue weighted by Crippen LogP contribution is 2.26. The van der Waals surface area contributed by atoms with Crippen LogP contribution in [0.5, 0.6) is 0 Å². The number of nitrogens with zero attached hydrogens (tertiary/aromatic N) is 8. The van der Waals surface area contributed by atoms with Gasteiger partial charge in [-0.3, -0.25) is 14.4 Å². The Morgan fingerprint density at radius 3 is 1.65 bits per heavy atom. The standard InChI is InChI=1S/C7H14N2.C7H13NO.C6H10N2.C5H9N3/c1-6-5-7(2,3)9(4)8-6;1-4-7(3)5-6(2)8-9-7;1-5-4-6(2)8(3)7-5;1-4-6-5(2)8(3)7-4/h5H2,1-4H3;4-5H2,1-3H3;4H,1-3H3;1-3H3. The van der Waals surface area contributed by atoms with Crippen LogP contribution < -0.4 is 0 Å². The molecule has 2 aliphatic heterocycles. The molecule has 4 heterocycles. The van der Waals surface area contributed by atoms with Gasteiger partial charge in [0.15, 0.2) is 0 Å². The van der Waals surface area contributed by atoms with Crippen LogP contribution >= 0.6 is 0 Å². The molecule has 2 aromatic rings. The number of hydrogen-bond donors (Lipinski definition) is 0. The van der Waals surface area contributed by atoms with E-state index in [4.69, 9.17) is 4.84 Å². The Morgan fingerprint density at radius 1 is 0.882 bits per heavy atom. The van der Waals surface area contributed by atoms with Crippen molar-refractivity contribution in [1.82, 2.24) is 29.6 Å². The molecule has 192 valence electrons. The Hall–Kier alpha value is -2.71. The van der Waals surface area contributed by atoms with Crippen molar-refractivity contribution < 1.29 is 4.84 Å². The molecule has 2 aliphatic rings. The topological polar surface area (TPSA) is 85.7 Å². The summed E-state index contributed by atoms with van der Waals surface area (Å²) < 4.78 is 3.63. The van der Waals surface area contributed by atoms with E-state index in [1.807, 2.05) is 65.5 Å². The molecule has 0 bridgehead atoms. The number of hydrazone groups is 1. The molecular formula is C25H46N8O. The summed E-state index contributed by atoms with van der Waals surface area (Å²) in [4.78, 5) is 9.25. The lowest BCUT2D eigenvalue weighted by Gasteiger charge is -2.26. The van der Waals surface area contributed by atoms with Crippen LogP contribution in [0, 0.1) is 27.7 Å². The average Bonchev–Trinajstić information content (AvgIpc) is 3.38. The van der Waals surface area contributed by atoms with Crippen LogP contribution in [0.1, 0.15) is 83.8 Å². The largest absolute Gasteiger partial charge is 0.389 e. The molecule has 0 saturated carbocycles. The van der Waals surface area contributed by atoms with Gasteiger partial charge in [-0.1, -0.05) is 12.1 Å². The van der Waals surface area contributed by atoms with Gasteiger partial charge in [-0.2, -0.15) is 15.3 Å². The lowest BCUT2D eigenvalue weighted by molar-refractivity contribution is -0.00605. The molecule has 0 aliphatic carbocycles. The van der Waals surface area contributed by atoms with Crippen LogP contribution in [0.2, 0.25) is 0 Å². The first-order valence-corrected chi connectivity index (χ1v) is 11.9. The van der Waals surface area contributed by atoms with Gasteiger partial charge < -0.3 is 4.84 Å². The first-order valence-electron chi connectivity index (χ1n) is 11.9. The van der Waals surface area contributed by atoms with Crippen LogP contribution in [0.15, 0.2) is 16.3 Å². The Bertz CT molecular complexity index is 899. The van der Waals surface area contributed by atoms with E-state index in [1.165, 1.54) is 11.4 Å². The minimum absolute atomic E-state index is 0.00405. The number of hydrogen-bond acceptors (Lipinski definition) is 7. The zero-order valence-electron chi connectivity index (χ0n) is 23.7. The van der Waals surface area contributed by atoms with Gasteiger partial charge in [0.2, 0.25) is 0 Å². The zero-order chi connectivity index (χ0) is 26.3. The minimum Gasteiger partial charge on any atom is -0.389 e. The molecule has 0 fully saturated rings. The van der Waals surface area contributed by atoms with E-state index in [2.05, 4.69) is 66.1 Å². The predicted molar refractivity (Wildman–Crippen MR) is 140 cm³/mol. The third kappa shape index (κ3) is 9.27. The van der Waals surface area contributed by atoms with E-state index in [0.29, 0.717) is 0 Å². The van der Waals surface area contributed by atoms with E-state index >= 15 is 0 Å². The molecule has 0 aromatic carbocycles. The van der Waals surface area contributed by atoms with E-state index in [1.54, 1.807) is 4.68 Å². The van der Waals surface area contributed by atoms with Crippen molar-refractivity contribution in [3.8, 4) is 0 Å². The van der Waals surface area contributed by atoms with Crippen LogP contribution in [0.4, 0.5) is 0 Å². The number of oxime groups is 1. The molecule has 0 spiro atoms. The number of rotatable bonds is 1. The van der Waals surface area contributed by atoms with Crippen molar-refractivity contribution in [2.24, 2.45) is 24.4 Å². The van der Waals surface area contributed by atoms with E-state index in [0.717, 1.165) is 42.3 Å². The van der Waals surface area contributed by atoms with Crippen molar-refractivity contribution in [1.29, 1.82) is 0 Å². The Morgan fingerprint density at radius 2 is 1.50 bits per heavy atom. The fourth-order valence-corrected chi connectivity index (χ4v) is 3.51. The van der Waals surface area contributed by atoms with Crippen LogP contribution in [0.25, 0.3) is 0 Å². The molecule has 34 heavy (non-hydrogen) atoms. The van der Waals surface area contributed by atoms with Crippen molar-refractivity contribution in [3.63, 3.8) is 0 Å². The summed E-state index contributed by atoms with van der Waals surface area (Å²) in [6.07, 6.45) is 3.13. The van der Waals surface area contributed by atoms with Gasteiger partial charge in [0.05, 0.1) is 16.9 Å². The predicted octanol–water partition coefficient (Wildman–Crippen LogP) is 4.90. The summed E-state index contributed by atoms with van der Waals surface area (Å²) >= 11 is 0. The molecule has 1 unspecified atom stereocenters. The second-order valence-electron chi connectivity index (χ2n) is 10.1. The summed E-state index contributed by atoms with van der Waals surface area (Å²) in [6, 6.07) is 2.06. The van der Waals surface area contributed by atoms with Gasteiger partial charge >= 0.3 is 0 Å². The van der Waals surface area contributed by atoms with Gasteiger partial charge in [-0.25, -0.2) is 4.98 Å². The minimum atomic E-state index is 0.00405. The highest BCUT2D eigenvalue weighted by molar-refractivity contribution is 5.84. The molecule has 0 amide bonds. The van der Waals surface area contributed by atoms with Crippen LogP contribution in [-0.4, -0.2) is 59.2 Å². The maximum atomic E-state index is 5.19. The van der Waals surface area contributed by atoms with Crippen LogP contribution in [-0.2, 0) is 18.9 Å². The molecule has 9 nitrogen and oxygen atoms in total. The van der Waals surface area contributed by atoms with E-state index < -0.39 is 0 Å². The van der Waals surface area contributed by atoms with Gasteiger partial charge in [-0.05, 0) is 74.8 Å². The Balaban J connectivity index is 0.000000227. The third-order valence-electron chi connectivity index (χ3n) is 6.01. The van der Waals surface area contributed by atoms with Gasteiger partial charge in [-0.15, -0.1) is 0 Å². The quantitative estimate of drug-likeness (QED) is 0.587. The lowest BCUT2D eigenvalue weighted by atomic mass is 9.98. The monoisotopic (exact) mass is 474 g/mol. The molecule has 0 N–H and O–H groups in total. The smallest absolute Gasteiger partial charge is 0.147 e. The third-order valence-corrected chi connectivity index (χ3v) is 6.01. The summed E-state index contributed by atoms with van der Waals surface area (Å²) in [5.74, 6) is 1.80. The fourth-order valence-electron chi connectivity index (χ4n) is 3.51. The summed E-state index contributed by atoms with van der Waals surface area (Å²) in [5.41, 5.74) is 4.91. The molecule has 4 rings (SSSR count). The van der Waals surface area contributed by atoms with E-state index in [-0.39, 0.29) is 11.1 Å². The molecule has 1 atom stereocenters. The Kier molecular flexibility index (Phi) is 10.5. The SMILES string of the molecule is CC1=NN(C)C(C)(C)C1.CCC1(C)CC(C)=NO1.Cc1cc(C)n(C)n1.Cc1nc(C)n(C)n1. The Labute approximate surface area is 206 Å². The number of aromatic nitrogens is 5. The van der Waals surface area contributed by atoms with Gasteiger partial charge in [0.25, 0.3) is 0 Å². The van der Waals surface area contributed by atoms with Crippen molar-refractivity contribution in [3.05, 3.63) is 29.1 Å². The maximum absolute atomic E-state index is 5.19. The highest BCUT2D eigenvalue weighted by atomic mass is 16.7. The molecule has 0 saturated heterocycles. The summed E-state index contributed by atoms with van der Waals surface area (Å²) in [5, 5.41) is 18.3.